The number of nitrogens with one attached hydrogen (secondary N) is 1. The van der Waals surface area contributed by atoms with Crippen LogP contribution in [0.4, 0.5) is 0 Å². The summed E-state index contributed by atoms with van der Waals surface area (Å²) in [5.74, 6) is 0. The Balaban J connectivity index is 1.59. The third-order valence-corrected chi connectivity index (χ3v) is 6.40. The molecule has 5 heteroatoms. The Labute approximate surface area is 156 Å². The molecule has 26 heavy (non-hydrogen) atoms. The van der Waals surface area contributed by atoms with E-state index in [2.05, 4.69) is 46.9 Å². The molecule has 1 aliphatic heterocycles. The average molecular weight is 354 g/mol. The average Bonchev–Trinajstić information content (AvgIpc) is 3.22. The smallest absolute Gasteiger partial charge is 0.0926 e. The summed E-state index contributed by atoms with van der Waals surface area (Å²) in [5, 5.41) is 4.41. The minimum Gasteiger partial charge on any atom is -0.348 e. The van der Waals surface area contributed by atoms with Crippen LogP contribution in [-0.4, -0.2) is 37.7 Å². The Morgan fingerprint density at radius 2 is 2.15 bits per heavy atom. The van der Waals surface area contributed by atoms with Crippen molar-refractivity contribution in [1.82, 2.24) is 24.6 Å². The van der Waals surface area contributed by atoms with Gasteiger partial charge in [-0.1, -0.05) is 25.0 Å². The predicted octanol–water partition coefficient (Wildman–Crippen LogP) is 4.01. The molecule has 2 aromatic rings. The molecule has 4 rings (SSSR count). The first-order valence-corrected chi connectivity index (χ1v) is 9.89. The topological polar surface area (TPSA) is 49.7 Å². The van der Waals surface area contributed by atoms with Crippen molar-refractivity contribution in [2.45, 2.75) is 58.9 Å². The maximum atomic E-state index is 4.67. The predicted molar refractivity (Wildman–Crippen MR) is 104 cm³/mol. The van der Waals surface area contributed by atoms with E-state index in [1.54, 1.807) is 11.1 Å². The molecule has 0 saturated heterocycles. The van der Waals surface area contributed by atoms with Crippen LogP contribution in [0.25, 0.3) is 0 Å². The molecule has 2 aliphatic rings. The molecule has 140 valence electrons. The molecular weight excluding hydrogens is 322 g/mol. The minimum atomic E-state index is 0.214. The number of nitrogens with zero attached hydrogens (tertiary/aromatic N) is 4. The second kappa shape index (κ2) is 6.69. The number of aromatic nitrogens is 4. The monoisotopic (exact) mass is 353 g/mol. The van der Waals surface area contributed by atoms with Crippen molar-refractivity contribution < 1.29 is 0 Å². The van der Waals surface area contributed by atoms with Crippen LogP contribution in [0.5, 0.6) is 0 Å². The van der Waals surface area contributed by atoms with Gasteiger partial charge in [0.25, 0.3) is 0 Å². The van der Waals surface area contributed by atoms with Crippen molar-refractivity contribution in [3.05, 3.63) is 46.8 Å². The molecule has 0 spiro atoms. The molecule has 0 bridgehead atoms. The highest BCUT2D eigenvalue weighted by Crippen LogP contribution is 2.42. The quantitative estimate of drug-likeness (QED) is 0.845. The molecule has 0 radical (unpaired) electrons. The van der Waals surface area contributed by atoms with Crippen molar-refractivity contribution in [3.8, 4) is 0 Å². The standard InChI is InChI=1S/C21H31N5/c1-15-6-5-9-21(2,3)17(15)7-10-26-11-8-18-19(23-14-22-18)20(26)16-12-24-25(4)13-16/h12-14,20H,5-11H2,1-4H3,(H,22,23). The Bertz CT molecular complexity index is 810. The van der Waals surface area contributed by atoms with Crippen LogP contribution in [0.1, 0.15) is 69.4 Å². The Hall–Kier alpha value is -1.88. The number of rotatable bonds is 4. The third kappa shape index (κ3) is 3.13. The zero-order chi connectivity index (χ0) is 18.3. The van der Waals surface area contributed by atoms with Gasteiger partial charge >= 0.3 is 0 Å². The molecule has 5 nitrogen and oxygen atoms in total. The van der Waals surface area contributed by atoms with Gasteiger partial charge in [0.15, 0.2) is 0 Å². The summed E-state index contributed by atoms with van der Waals surface area (Å²) in [6.45, 7) is 9.34. The van der Waals surface area contributed by atoms with Gasteiger partial charge in [0.2, 0.25) is 0 Å². The van der Waals surface area contributed by atoms with Crippen LogP contribution < -0.4 is 0 Å². The van der Waals surface area contributed by atoms with E-state index in [1.165, 1.54) is 36.2 Å². The van der Waals surface area contributed by atoms with Gasteiger partial charge in [-0.15, -0.1) is 0 Å². The Morgan fingerprint density at radius 1 is 1.31 bits per heavy atom. The maximum Gasteiger partial charge on any atom is 0.0926 e. The van der Waals surface area contributed by atoms with Crippen molar-refractivity contribution in [1.29, 1.82) is 0 Å². The van der Waals surface area contributed by atoms with Crippen molar-refractivity contribution in [2.75, 3.05) is 13.1 Å². The zero-order valence-corrected chi connectivity index (χ0v) is 16.5. The largest absolute Gasteiger partial charge is 0.348 e. The molecule has 2 aromatic heterocycles. The van der Waals surface area contributed by atoms with Gasteiger partial charge in [-0.25, -0.2) is 4.98 Å². The van der Waals surface area contributed by atoms with Crippen LogP contribution >= 0.6 is 0 Å². The van der Waals surface area contributed by atoms with Crippen LogP contribution in [0.15, 0.2) is 29.9 Å². The van der Waals surface area contributed by atoms with E-state index in [0.29, 0.717) is 5.41 Å². The molecule has 0 fully saturated rings. The third-order valence-electron chi connectivity index (χ3n) is 6.40. The number of fused-ring (bicyclic) bond motifs is 1. The van der Waals surface area contributed by atoms with E-state index in [9.17, 15) is 0 Å². The second-order valence-corrected chi connectivity index (χ2v) is 8.65. The van der Waals surface area contributed by atoms with E-state index in [4.69, 9.17) is 0 Å². The van der Waals surface area contributed by atoms with E-state index in [0.717, 1.165) is 25.9 Å². The molecule has 0 aromatic carbocycles. The Kier molecular flexibility index (Phi) is 4.51. The Morgan fingerprint density at radius 3 is 2.88 bits per heavy atom. The van der Waals surface area contributed by atoms with E-state index >= 15 is 0 Å². The summed E-state index contributed by atoms with van der Waals surface area (Å²) >= 11 is 0. The van der Waals surface area contributed by atoms with Crippen molar-refractivity contribution in [3.63, 3.8) is 0 Å². The van der Waals surface area contributed by atoms with Gasteiger partial charge in [0.05, 0.1) is 24.3 Å². The molecule has 1 N–H and O–H groups in total. The van der Waals surface area contributed by atoms with E-state index in [1.807, 2.05) is 24.3 Å². The number of imidazole rings is 1. The highest BCUT2D eigenvalue weighted by molar-refractivity contribution is 5.30. The number of H-pyrrole nitrogens is 1. The van der Waals surface area contributed by atoms with Gasteiger partial charge < -0.3 is 4.98 Å². The highest BCUT2D eigenvalue weighted by atomic mass is 15.3. The fourth-order valence-electron chi connectivity index (χ4n) is 5.00. The fraction of sp³-hybridized carbons (Fsp3) is 0.619. The molecule has 1 atom stereocenters. The van der Waals surface area contributed by atoms with Gasteiger partial charge in [0.1, 0.15) is 0 Å². The van der Waals surface area contributed by atoms with Gasteiger partial charge in [-0.2, -0.15) is 5.10 Å². The lowest BCUT2D eigenvalue weighted by Crippen LogP contribution is -2.37. The van der Waals surface area contributed by atoms with Crippen LogP contribution in [-0.2, 0) is 13.5 Å². The summed E-state index contributed by atoms with van der Waals surface area (Å²) in [6, 6.07) is 0.214. The lowest BCUT2D eigenvalue weighted by molar-refractivity contribution is 0.204. The van der Waals surface area contributed by atoms with Gasteiger partial charge in [0, 0.05) is 44.0 Å². The number of hydrogen-bond acceptors (Lipinski definition) is 3. The van der Waals surface area contributed by atoms with Crippen molar-refractivity contribution >= 4 is 0 Å². The number of hydrogen-bond donors (Lipinski definition) is 1. The van der Waals surface area contributed by atoms with Crippen LogP contribution in [0.3, 0.4) is 0 Å². The molecule has 0 amide bonds. The summed E-state index contributed by atoms with van der Waals surface area (Å²) in [4.78, 5) is 10.6. The number of aromatic amines is 1. The van der Waals surface area contributed by atoms with Crippen LogP contribution in [0, 0.1) is 5.41 Å². The first-order valence-electron chi connectivity index (χ1n) is 9.89. The number of allylic oxidation sites excluding steroid dienone is 1. The van der Waals surface area contributed by atoms with Gasteiger partial charge in [-0.3, -0.25) is 9.58 Å². The van der Waals surface area contributed by atoms with Gasteiger partial charge in [-0.05, 0) is 38.0 Å². The zero-order valence-electron chi connectivity index (χ0n) is 16.5. The molecule has 0 saturated carbocycles. The summed E-state index contributed by atoms with van der Waals surface area (Å²) in [7, 11) is 1.99. The lowest BCUT2D eigenvalue weighted by atomic mass is 9.71. The molecule has 1 aliphatic carbocycles. The molecule has 1 unspecified atom stereocenters. The SMILES string of the molecule is CC1=C(CCN2CCc3[nH]cnc3C2c2cnn(C)c2)C(C)(C)CCC1. The van der Waals surface area contributed by atoms with E-state index < -0.39 is 0 Å². The normalized spacial score (nSPS) is 23.3. The summed E-state index contributed by atoms with van der Waals surface area (Å²) < 4.78 is 1.89. The first kappa shape index (κ1) is 17.5. The fourth-order valence-corrected chi connectivity index (χ4v) is 5.00. The first-order chi connectivity index (χ1) is 12.5. The second-order valence-electron chi connectivity index (χ2n) is 8.65. The lowest BCUT2D eigenvalue weighted by Gasteiger charge is -2.38. The molecule has 3 heterocycles. The highest BCUT2D eigenvalue weighted by Gasteiger charge is 2.33. The summed E-state index contributed by atoms with van der Waals surface area (Å²) in [5.41, 5.74) is 7.35. The maximum absolute atomic E-state index is 4.67. The minimum absolute atomic E-state index is 0.214. The molecular formula is C21H31N5. The van der Waals surface area contributed by atoms with Crippen molar-refractivity contribution in [2.24, 2.45) is 12.5 Å². The van der Waals surface area contributed by atoms with E-state index in [-0.39, 0.29) is 6.04 Å². The summed E-state index contributed by atoms with van der Waals surface area (Å²) in [6.07, 6.45) is 12.1. The number of aryl methyl sites for hydroxylation is 1. The van der Waals surface area contributed by atoms with Crippen LogP contribution in [0.2, 0.25) is 0 Å².